The van der Waals surface area contributed by atoms with Crippen LogP contribution < -0.4 is 9.47 Å². The summed E-state index contributed by atoms with van der Waals surface area (Å²) in [5.41, 5.74) is 0.701. The number of ether oxygens (including phenoxy) is 3. The quantitative estimate of drug-likeness (QED) is 0.568. The molecule has 24 heavy (non-hydrogen) atoms. The second-order valence-electron chi connectivity index (χ2n) is 4.70. The minimum atomic E-state index is -0.494. The minimum absolute atomic E-state index is 0.216. The van der Waals surface area contributed by atoms with E-state index < -0.39 is 5.97 Å². The van der Waals surface area contributed by atoms with Gasteiger partial charge in [-0.25, -0.2) is 4.79 Å². The molecule has 2 aromatic rings. The van der Waals surface area contributed by atoms with Gasteiger partial charge in [0, 0.05) is 5.56 Å². The molecule has 0 saturated heterocycles. The fourth-order valence-electron chi connectivity index (χ4n) is 1.93. The van der Waals surface area contributed by atoms with Crippen LogP contribution in [0.2, 0.25) is 10.0 Å². The first-order chi connectivity index (χ1) is 11.5. The maximum absolute atomic E-state index is 12.2. The molecule has 0 amide bonds. The molecule has 0 saturated carbocycles. The zero-order valence-electron chi connectivity index (χ0n) is 13.0. The number of Topliss-reactive ketones (excluding diaryl/α,β-unsaturated/α-hetero) is 1. The molecule has 0 aliphatic rings. The highest BCUT2D eigenvalue weighted by Crippen LogP contribution is 2.29. The van der Waals surface area contributed by atoms with Gasteiger partial charge in [0.15, 0.2) is 23.9 Å². The predicted molar refractivity (Wildman–Crippen MR) is 90.6 cm³/mol. The summed E-state index contributed by atoms with van der Waals surface area (Å²) in [6.07, 6.45) is 0. The van der Waals surface area contributed by atoms with E-state index >= 15 is 0 Å². The lowest BCUT2D eigenvalue weighted by Gasteiger charge is -2.11. The molecule has 0 radical (unpaired) electrons. The Morgan fingerprint density at radius 1 is 0.917 bits per heavy atom. The number of rotatable bonds is 6. The van der Waals surface area contributed by atoms with Crippen molar-refractivity contribution in [3.8, 4) is 11.5 Å². The van der Waals surface area contributed by atoms with Crippen LogP contribution in [0.4, 0.5) is 0 Å². The summed E-state index contributed by atoms with van der Waals surface area (Å²) in [5, 5.41) is 0.664. The molecule has 0 fully saturated rings. The fraction of sp³-hybridized carbons (Fsp3) is 0.176. The zero-order valence-corrected chi connectivity index (χ0v) is 14.5. The van der Waals surface area contributed by atoms with Gasteiger partial charge in [0.1, 0.15) is 0 Å². The van der Waals surface area contributed by atoms with E-state index in [2.05, 4.69) is 4.74 Å². The molecule has 7 heteroatoms. The normalized spacial score (nSPS) is 10.2. The first-order valence-corrected chi connectivity index (χ1v) is 7.59. The molecule has 0 aromatic heterocycles. The van der Waals surface area contributed by atoms with Gasteiger partial charge in [-0.15, -0.1) is 0 Å². The second-order valence-corrected chi connectivity index (χ2v) is 5.51. The lowest BCUT2D eigenvalue weighted by atomic mass is 10.1. The van der Waals surface area contributed by atoms with Crippen LogP contribution in [0.15, 0.2) is 36.4 Å². The van der Waals surface area contributed by atoms with Crippen LogP contribution in [0, 0.1) is 0 Å². The summed E-state index contributed by atoms with van der Waals surface area (Å²) < 4.78 is 15.3. The number of hydrogen-bond acceptors (Lipinski definition) is 5. The molecular formula is C17H14Cl2O5. The molecule has 0 bridgehead atoms. The maximum Gasteiger partial charge on any atom is 0.337 e. The van der Waals surface area contributed by atoms with Gasteiger partial charge in [-0.1, -0.05) is 23.2 Å². The number of ketones is 1. The third-order valence-electron chi connectivity index (χ3n) is 3.19. The summed E-state index contributed by atoms with van der Waals surface area (Å²) in [7, 11) is 2.72. The molecule has 2 rings (SSSR count). The maximum atomic E-state index is 12.2. The molecule has 0 atom stereocenters. The number of carbonyl (C=O) groups excluding carboxylic acids is 2. The molecule has 5 nitrogen and oxygen atoms in total. The van der Waals surface area contributed by atoms with Crippen molar-refractivity contribution >= 4 is 35.0 Å². The Hall–Kier alpha value is -2.24. The van der Waals surface area contributed by atoms with Gasteiger partial charge in [0.25, 0.3) is 0 Å². The van der Waals surface area contributed by atoms with E-state index in [9.17, 15) is 9.59 Å². The lowest BCUT2D eigenvalue weighted by Crippen LogP contribution is -2.12. The Balaban J connectivity index is 2.12. The van der Waals surface area contributed by atoms with Crippen molar-refractivity contribution in [2.24, 2.45) is 0 Å². The van der Waals surface area contributed by atoms with Crippen molar-refractivity contribution in [2.75, 3.05) is 20.8 Å². The van der Waals surface area contributed by atoms with E-state index in [0.717, 1.165) is 0 Å². The molecule has 0 aliphatic heterocycles. The number of halogens is 2. The SMILES string of the molecule is COC(=O)c1ccc(OCC(=O)c2ccc(Cl)c(Cl)c2)c(OC)c1. The topological polar surface area (TPSA) is 61.8 Å². The van der Waals surface area contributed by atoms with Crippen LogP contribution in [0.25, 0.3) is 0 Å². The summed E-state index contributed by atoms with van der Waals surface area (Å²) in [6.45, 7) is -0.216. The smallest absolute Gasteiger partial charge is 0.337 e. The highest BCUT2D eigenvalue weighted by atomic mass is 35.5. The van der Waals surface area contributed by atoms with Crippen LogP contribution >= 0.6 is 23.2 Å². The largest absolute Gasteiger partial charge is 0.493 e. The number of hydrogen-bond donors (Lipinski definition) is 0. The first-order valence-electron chi connectivity index (χ1n) is 6.83. The van der Waals surface area contributed by atoms with Gasteiger partial charge in [-0.2, -0.15) is 0 Å². The zero-order chi connectivity index (χ0) is 17.7. The predicted octanol–water partition coefficient (Wildman–Crippen LogP) is 4.05. The molecular weight excluding hydrogens is 355 g/mol. The van der Waals surface area contributed by atoms with Gasteiger partial charge >= 0.3 is 5.97 Å². The highest BCUT2D eigenvalue weighted by Gasteiger charge is 2.14. The van der Waals surface area contributed by atoms with Crippen molar-refractivity contribution in [3.05, 3.63) is 57.6 Å². The van der Waals surface area contributed by atoms with Crippen LogP contribution in [-0.2, 0) is 4.74 Å². The van der Waals surface area contributed by atoms with Gasteiger partial charge in [-0.3, -0.25) is 4.79 Å². The summed E-state index contributed by atoms with van der Waals surface area (Å²) in [6, 6.07) is 9.12. The van der Waals surface area contributed by atoms with E-state index in [1.165, 1.54) is 38.5 Å². The van der Waals surface area contributed by atoms with Crippen LogP contribution in [0.1, 0.15) is 20.7 Å². The summed E-state index contributed by atoms with van der Waals surface area (Å²) in [4.78, 5) is 23.7. The van der Waals surface area contributed by atoms with Crippen molar-refractivity contribution in [3.63, 3.8) is 0 Å². The Labute approximate surface area is 149 Å². The average Bonchev–Trinajstić information content (AvgIpc) is 2.61. The van der Waals surface area contributed by atoms with Gasteiger partial charge in [0.05, 0.1) is 29.8 Å². The van der Waals surface area contributed by atoms with E-state index in [-0.39, 0.29) is 12.4 Å². The van der Waals surface area contributed by atoms with Crippen molar-refractivity contribution in [1.29, 1.82) is 0 Å². The van der Waals surface area contributed by atoms with E-state index in [1.807, 2.05) is 0 Å². The van der Waals surface area contributed by atoms with Gasteiger partial charge in [-0.05, 0) is 36.4 Å². The molecule has 0 N–H and O–H groups in total. The third kappa shape index (κ3) is 4.19. The van der Waals surface area contributed by atoms with Gasteiger partial charge in [0.2, 0.25) is 0 Å². The van der Waals surface area contributed by atoms with E-state index in [1.54, 1.807) is 12.1 Å². The van der Waals surface area contributed by atoms with Crippen LogP contribution in [0.3, 0.4) is 0 Å². The van der Waals surface area contributed by atoms with Gasteiger partial charge < -0.3 is 14.2 Å². The minimum Gasteiger partial charge on any atom is -0.493 e. The van der Waals surface area contributed by atoms with Crippen LogP contribution in [-0.4, -0.2) is 32.6 Å². The Bertz CT molecular complexity index is 774. The highest BCUT2D eigenvalue weighted by molar-refractivity contribution is 6.42. The van der Waals surface area contributed by atoms with Crippen molar-refractivity contribution in [2.45, 2.75) is 0 Å². The van der Waals surface area contributed by atoms with Crippen molar-refractivity contribution in [1.82, 2.24) is 0 Å². The first kappa shape index (κ1) is 18.1. The standard InChI is InChI=1S/C17H14Cl2O5/c1-22-16-8-11(17(21)23-2)4-6-15(16)24-9-14(20)10-3-5-12(18)13(19)7-10/h3-8H,9H2,1-2H3. The summed E-state index contributed by atoms with van der Waals surface area (Å²) in [5.74, 6) is -0.113. The van der Waals surface area contributed by atoms with E-state index in [4.69, 9.17) is 32.7 Å². The molecule has 2 aromatic carbocycles. The Kier molecular flexibility index (Phi) is 6.06. The molecule has 126 valence electrons. The van der Waals surface area contributed by atoms with Crippen LogP contribution in [0.5, 0.6) is 11.5 Å². The molecule has 0 spiro atoms. The number of esters is 1. The number of methoxy groups -OCH3 is 2. The molecule has 0 unspecified atom stereocenters. The number of benzene rings is 2. The van der Waals surface area contributed by atoms with E-state index in [0.29, 0.717) is 32.7 Å². The Morgan fingerprint density at radius 2 is 1.62 bits per heavy atom. The Morgan fingerprint density at radius 3 is 2.25 bits per heavy atom. The molecule has 0 aliphatic carbocycles. The monoisotopic (exact) mass is 368 g/mol. The number of carbonyl (C=O) groups is 2. The third-order valence-corrected chi connectivity index (χ3v) is 3.92. The summed E-state index contributed by atoms with van der Waals surface area (Å²) >= 11 is 11.7. The van der Waals surface area contributed by atoms with Crippen molar-refractivity contribution < 1.29 is 23.8 Å². The fourth-order valence-corrected chi connectivity index (χ4v) is 2.23. The molecule has 0 heterocycles. The lowest BCUT2D eigenvalue weighted by molar-refractivity contribution is 0.0600. The average molecular weight is 369 g/mol. The second kappa shape index (κ2) is 8.04.